The third-order valence-electron chi connectivity index (χ3n) is 2.19. The fourth-order valence-corrected chi connectivity index (χ4v) is 1.44. The van der Waals surface area contributed by atoms with Crippen LogP contribution in [0.15, 0.2) is 36.5 Å². The Morgan fingerprint density at radius 1 is 1.31 bits per heavy atom. The molecule has 0 aliphatic heterocycles. The molecule has 0 aliphatic carbocycles. The van der Waals surface area contributed by atoms with Crippen LogP contribution in [0.2, 0.25) is 0 Å². The predicted octanol–water partition coefficient (Wildman–Crippen LogP) is 2.53. The van der Waals surface area contributed by atoms with Gasteiger partial charge in [0.2, 0.25) is 5.88 Å². The van der Waals surface area contributed by atoms with E-state index in [0.29, 0.717) is 5.88 Å². The summed E-state index contributed by atoms with van der Waals surface area (Å²) >= 11 is 0. The number of hydrogen-bond acceptors (Lipinski definition) is 2. The molecule has 2 rings (SSSR count). The summed E-state index contributed by atoms with van der Waals surface area (Å²) < 4.78 is 18.9. The lowest BCUT2D eigenvalue weighted by Crippen LogP contribution is -2.01. The van der Waals surface area contributed by atoms with Gasteiger partial charge in [0.05, 0.1) is 5.69 Å². The summed E-state index contributed by atoms with van der Waals surface area (Å²) in [6, 6.07) is 9.72. The van der Waals surface area contributed by atoms with E-state index in [-0.39, 0.29) is 6.61 Å². The maximum absolute atomic E-state index is 12.0. The number of ether oxygens (including phenoxy) is 1. The number of rotatable bonds is 4. The lowest BCUT2D eigenvalue weighted by atomic mass is 10.3. The topological polar surface area (TPSA) is 27.1 Å². The standard InChI is InChI=1S/C12H13FN2O/c1-10-9-15(11-5-3-2-4-6-11)14-12(10)16-8-7-13/h2-6,9H,7-8H2,1H3. The van der Waals surface area contributed by atoms with Crippen LogP contribution in [0.4, 0.5) is 4.39 Å². The van der Waals surface area contributed by atoms with Gasteiger partial charge in [0, 0.05) is 11.8 Å². The van der Waals surface area contributed by atoms with Crippen molar-refractivity contribution in [2.75, 3.05) is 13.3 Å². The molecule has 0 saturated carbocycles. The zero-order valence-electron chi connectivity index (χ0n) is 9.06. The molecule has 16 heavy (non-hydrogen) atoms. The monoisotopic (exact) mass is 220 g/mol. The van der Waals surface area contributed by atoms with E-state index >= 15 is 0 Å². The molecule has 0 atom stereocenters. The molecule has 0 spiro atoms. The van der Waals surface area contributed by atoms with Gasteiger partial charge in [-0.1, -0.05) is 18.2 Å². The molecule has 1 heterocycles. The SMILES string of the molecule is Cc1cn(-c2ccccc2)nc1OCCF. The van der Waals surface area contributed by atoms with Gasteiger partial charge in [-0.2, -0.15) is 0 Å². The van der Waals surface area contributed by atoms with Gasteiger partial charge in [-0.05, 0) is 19.1 Å². The van der Waals surface area contributed by atoms with Crippen LogP contribution in [0.25, 0.3) is 5.69 Å². The Morgan fingerprint density at radius 3 is 2.75 bits per heavy atom. The second-order valence-corrected chi connectivity index (χ2v) is 3.43. The Balaban J connectivity index is 2.24. The van der Waals surface area contributed by atoms with E-state index in [0.717, 1.165) is 11.3 Å². The number of aromatic nitrogens is 2. The summed E-state index contributed by atoms with van der Waals surface area (Å²) in [6.07, 6.45) is 1.86. The van der Waals surface area contributed by atoms with E-state index < -0.39 is 6.67 Å². The molecule has 3 nitrogen and oxygen atoms in total. The normalized spacial score (nSPS) is 10.4. The molecule has 0 amide bonds. The van der Waals surface area contributed by atoms with Crippen LogP contribution in [-0.4, -0.2) is 23.1 Å². The Hall–Kier alpha value is -1.84. The molecule has 2 aromatic rings. The van der Waals surface area contributed by atoms with Crippen LogP contribution in [0.5, 0.6) is 5.88 Å². The molecule has 0 radical (unpaired) electrons. The number of benzene rings is 1. The van der Waals surface area contributed by atoms with Crippen molar-refractivity contribution in [1.29, 1.82) is 0 Å². The van der Waals surface area contributed by atoms with Gasteiger partial charge in [0.15, 0.2) is 0 Å². The first-order valence-corrected chi connectivity index (χ1v) is 5.11. The van der Waals surface area contributed by atoms with Crippen LogP contribution in [0.1, 0.15) is 5.56 Å². The van der Waals surface area contributed by atoms with Gasteiger partial charge in [-0.3, -0.25) is 0 Å². The van der Waals surface area contributed by atoms with Crippen molar-refractivity contribution < 1.29 is 9.13 Å². The average molecular weight is 220 g/mol. The molecule has 84 valence electrons. The first-order chi connectivity index (χ1) is 7.81. The number of halogens is 1. The van der Waals surface area contributed by atoms with Crippen LogP contribution in [0.3, 0.4) is 0 Å². The molecule has 0 saturated heterocycles. The fourth-order valence-electron chi connectivity index (χ4n) is 1.44. The van der Waals surface area contributed by atoms with Gasteiger partial charge < -0.3 is 4.74 Å². The molecule has 0 N–H and O–H groups in total. The largest absolute Gasteiger partial charge is 0.474 e. The Bertz CT molecular complexity index is 453. The van der Waals surface area contributed by atoms with Crippen molar-refractivity contribution in [3.05, 3.63) is 42.1 Å². The first kappa shape index (κ1) is 10.7. The second kappa shape index (κ2) is 4.79. The molecule has 4 heteroatoms. The molecule has 1 aromatic carbocycles. The smallest absolute Gasteiger partial charge is 0.236 e. The van der Waals surface area contributed by atoms with Gasteiger partial charge >= 0.3 is 0 Å². The van der Waals surface area contributed by atoms with Crippen LogP contribution in [-0.2, 0) is 0 Å². The maximum atomic E-state index is 12.0. The summed E-state index contributed by atoms with van der Waals surface area (Å²) in [7, 11) is 0. The van der Waals surface area contributed by atoms with Gasteiger partial charge in [0.1, 0.15) is 13.3 Å². The highest BCUT2D eigenvalue weighted by Gasteiger charge is 2.06. The van der Waals surface area contributed by atoms with Crippen molar-refractivity contribution in [2.24, 2.45) is 0 Å². The Labute approximate surface area is 93.5 Å². The number of aryl methyl sites for hydroxylation is 1. The first-order valence-electron chi connectivity index (χ1n) is 5.11. The number of nitrogens with zero attached hydrogens (tertiary/aromatic N) is 2. The summed E-state index contributed by atoms with van der Waals surface area (Å²) in [5.41, 5.74) is 1.86. The number of hydrogen-bond donors (Lipinski definition) is 0. The molecule has 0 fully saturated rings. The van der Waals surface area contributed by atoms with Crippen LogP contribution in [0, 0.1) is 6.92 Å². The van der Waals surface area contributed by atoms with E-state index in [1.807, 2.05) is 43.5 Å². The zero-order valence-corrected chi connectivity index (χ0v) is 9.06. The van der Waals surface area contributed by atoms with Crippen molar-refractivity contribution >= 4 is 0 Å². The van der Waals surface area contributed by atoms with Crippen molar-refractivity contribution in [2.45, 2.75) is 6.92 Å². The van der Waals surface area contributed by atoms with Gasteiger partial charge in [-0.15, -0.1) is 5.10 Å². The summed E-state index contributed by atoms with van der Waals surface area (Å²) in [4.78, 5) is 0. The quantitative estimate of drug-likeness (QED) is 0.791. The molecule has 1 aromatic heterocycles. The molecule has 0 unspecified atom stereocenters. The summed E-state index contributed by atoms with van der Waals surface area (Å²) in [5.74, 6) is 0.488. The molecular formula is C12H13FN2O. The second-order valence-electron chi connectivity index (χ2n) is 3.43. The van der Waals surface area contributed by atoms with E-state index in [2.05, 4.69) is 5.10 Å². The lowest BCUT2D eigenvalue weighted by molar-refractivity contribution is 0.262. The highest BCUT2D eigenvalue weighted by molar-refractivity contribution is 5.33. The molecule has 0 bridgehead atoms. The summed E-state index contributed by atoms with van der Waals surface area (Å²) in [6.45, 7) is 1.43. The molecule has 0 aliphatic rings. The predicted molar refractivity (Wildman–Crippen MR) is 59.8 cm³/mol. The van der Waals surface area contributed by atoms with Crippen LogP contribution < -0.4 is 4.74 Å². The maximum Gasteiger partial charge on any atom is 0.236 e. The minimum atomic E-state index is -0.502. The number of para-hydroxylation sites is 1. The highest BCUT2D eigenvalue weighted by atomic mass is 19.1. The third kappa shape index (κ3) is 2.21. The fraction of sp³-hybridized carbons (Fsp3) is 0.250. The van der Waals surface area contributed by atoms with Gasteiger partial charge in [-0.25, -0.2) is 9.07 Å². The minimum Gasteiger partial charge on any atom is -0.474 e. The van der Waals surface area contributed by atoms with E-state index in [1.165, 1.54) is 0 Å². The van der Waals surface area contributed by atoms with Crippen molar-refractivity contribution in [3.8, 4) is 11.6 Å². The average Bonchev–Trinajstić information content (AvgIpc) is 2.69. The number of alkyl halides is 1. The minimum absolute atomic E-state index is 0.0483. The lowest BCUT2D eigenvalue weighted by Gasteiger charge is -2.00. The summed E-state index contributed by atoms with van der Waals surface area (Å²) in [5, 5.41) is 4.25. The van der Waals surface area contributed by atoms with E-state index in [1.54, 1.807) is 4.68 Å². The third-order valence-corrected chi connectivity index (χ3v) is 2.19. The zero-order chi connectivity index (χ0) is 11.4. The van der Waals surface area contributed by atoms with Crippen molar-refractivity contribution in [3.63, 3.8) is 0 Å². The van der Waals surface area contributed by atoms with Crippen molar-refractivity contribution in [1.82, 2.24) is 9.78 Å². The molecular weight excluding hydrogens is 207 g/mol. The Morgan fingerprint density at radius 2 is 2.06 bits per heavy atom. The Kier molecular flexibility index (Phi) is 3.19. The van der Waals surface area contributed by atoms with Gasteiger partial charge in [0.25, 0.3) is 0 Å². The highest BCUT2D eigenvalue weighted by Crippen LogP contribution is 2.17. The van der Waals surface area contributed by atoms with E-state index in [4.69, 9.17) is 4.74 Å². The van der Waals surface area contributed by atoms with Crippen LogP contribution >= 0.6 is 0 Å². The van der Waals surface area contributed by atoms with E-state index in [9.17, 15) is 4.39 Å².